The number of hydrogen-bond donors (Lipinski definition) is 1. The van der Waals surface area contributed by atoms with E-state index in [1.807, 2.05) is 30.3 Å². The van der Waals surface area contributed by atoms with E-state index in [1.165, 1.54) is 4.90 Å². The van der Waals surface area contributed by atoms with Crippen LogP contribution in [-0.4, -0.2) is 27.4 Å². The number of hydrogen-bond acceptors (Lipinski definition) is 4. The van der Waals surface area contributed by atoms with Crippen LogP contribution in [0.2, 0.25) is 0 Å². The van der Waals surface area contributed by atoms with Gasteiger partial charge in [0.2, 0.25) is 5.89 Å². The number of urea groups is 1. The molecule has 1 aromatic carbocycles. The standard InChI is InChI=1S/C17H17N3O3/c1-11-13(18-14(23-11)12-6-3-2-4-7-12)10-20-15(21)17(8-5-9-17)19-16(20)22/h2-4,6-7H,5,8-10H2,1H3,(H,19,22). The van der Waals surface area contributed by atoms with Crippen molar-refractivity contribution in [1.29, 1.82) is 0 Å². The van der Waals surface area contributed by atoms with Crippen molar-refractivity contribution in [2.24, 2.45) is 0 Å². The van der Waals surface area contributed by atoms with Crippen LogP contribution in [0.25, 0.3) is 11.5 Å². The number of rotatable bonds is 3. The molecule has 1 aliphatic heterocycles. The number of benzene rings is 1. The highest BCUT2D eigenvalue weighted by Gasteiger charge is 2.54. The highest BCUT2D eigenvalue weighted by molar-refractivity contribution is 6.07. The van der Waals surface area contributed by atoms with Gasteiger partial charge in [-0.3, -0.25) is 9.69 Å². The van der Waals surface area contributed by atoms with Gasteiger partial charge in [-0.1, -0.05) is 18.2 Å². The highest BCUT2D eigenvalue weighted by atomic mass is 16.4. The van der Waals surface area contributed by atoms with Crippen LogP contribution in [0.5, 0.6) is 0 Å². The van der Waals surface area contributed by atoms with E-state index in [2.05, 4.69) is 10.3 Å². The van der Waals surface area contributed by atoms with Gasteiger partial charge in [-0.2, -0.15) is 0 Å². The van der Waals surface area contributed by atoms with Crippen molar-refractivity contribution in [2.45, 2.75) is 38.3 Å². The van der Waals surface area contributed by atoms with Crippen LogP contribution in [0.4, 0.5) is 4.79 Å². The fraction of sp³-hybridized carbons (Fsp3) is 0.353. The van der Waals surface area contributed by atoms with E-state index >= 15 is 0 Å². The van der Waals surface area contributed by atoms with Gasteiger partial charge in [-0.25, -0.2) is 9.78 Å². The lowest BCUT2D eigenvalue weighted by molar-refractivity contribution is -0.134. The van der Waals surface area contributed by atoms with Gasteiger partial charge in [-0.05, 0) is 38.3 Å². The normalized spacial score (nSPS) is 19.1. The molecule has 4 rings (SSSR count). The molecule has 0 radical (unpaired) electrons. The fourth-order valence-electron chi connectivity index (χ4n) is 3.12. The third-order valence-electron chi connectivity index (χ3n) is 4.67. The molecule has 1 spiro atoms. The van der Waals surface area contributed by atoms with Crippen molar-refractivity contribution in [1.82, 2.24) is 15.2 Å². The summed E-state index contributed by atoms with van der Waals surface area (Å²) >= 11 is 0. The van der Waals surface area contributed by atoms with Gasteiger partial charge in [0, 0.05) is 5.56 Å². The molecule has 6 heteroatoms. The third kappa shape index (κ3) is 2.13. The van der Waals surface area contributed by atoms with Crippen LogP contribution < -0.4 is 5.32 Å². The van der Waals surface area contributed by atoms with E-state index in [-0.39, 0.29) is 18.5 Å². The summed E-state index contributed by atoms with van der Waals surface area (Å²) in [6.07, 6.45) is 2.42. The van der Waals surface area contributed by atoms with E-state index in [1.54, 1.807) is 6.92 Å². The maximum Gasteiger partial charge on any atom is 0.325 e. The first-order chi connectivity index (χ1) is 11.1. The number of amides is 3. The summed E-state index contributed by atoms with van der Waals surface area (Å²) in [5.74, 6) is 0.986. The van der Waals surface area contributed by atoms with Crippen molar-refractivity contribution in [3.63, 3.8) is 0 Å². The lowest BCUT2D eigenvalue weighted by atomic mass is 9.77. The Balaban J connectivity index is 1.59. The van der Waals surface area contributed by atoms with Crippen molar-refractivity contribution in [2.75, 3.05) is 0 Å². The number of nitrogens with one attached hydrogen (secondary N) is 1. The van der Waals surface area contributed by atoms with Gasteiger partial charge >= 0.3 is 6.03 Å². The summed E-state index contributed by atoms with van der Waals surface area (Å²) in [7, 11) is 0. The number of nitrogens with zero attached hydrogens (tertiary/aromatic N) is 2. The molecule has 1 aromatic heterocycles. The average molecular weight is 311 g/mol. The second kappa shape index (κ2) is 4.94. The molecule has 0 bridgehead atoms. The molecular formula is C17H17N3O3. The van der Waals surface area contributed by atoms with Crippen LogP contribution in [0.1, 0.15) is 30.7 Å². The number of aryl methyl sites for hydroxylation is 1. The van der Waals surface area contributed by atoms with Crippen molar-refractivity contribution in [3.05, 3.63) is 41.8 Å². The number of carbonyl (C=O) groups excluding carboxylic acids is 2. The molecular weight excluding hydrogens is 294 g/mol. The summed E-state index contributed by atoms with van der Waals surface area (Å²) in [4.78, 5) is 30.3. The van der Waals surface area contributed by atoms with Gasteiger partial charge in [0.25, 0.3) is 5.91 Å². The number of imide groups is 1. The molecule has 2 aromatic rings. The zero-order valence-electron chi connectivity index (χ0n) is 12.8. The Kier molecular flexibility index (Phi) is 3.01. The number of aromatic nitrogens is 1. The Labute approximate surface area is 133 Å². The molecule has 0 atom stereocenters. The van der Waals surface area contributed by atoms with Gasteiger partial charge in [-0.15, -0.1) is 0 Å². The summed E-state index contributed by atoms with van der Waals surface area (Å²) < 4.78 is 5.69. The lowest BCUT2D eigenvalue weighted by Crippen LogP contribution is -2.52. The molecule has 2 aliphatic rings. The van der Waals surface area contributed by atoms with E-state index < -0.39 is 5.54 Å². The Bertz CT molecular complexity index is 778. The van der Waals surface area contributed by atoms with E-state index in [0.29, 0.717) is 17.3 Å². The number of oxazole rings is 1. The van der Waals surface area contributed by atoms with Gasteiger partial charge in [0.15, 0.2) is 0 Å². The fourth-order valence-corrected chi connectivity index (χ4v) is 3.12. The molecule has 1 N–H and O–H groups in total. The second-order valence-corrected chi connectivity index (χ2v) is 6.15. The second-order valence-electron chi connectivity index (χ2n) is 6.15. The minimum Gasteiger partial charge on any atom is -0.441 e. The molecule has 1 saturated carbocycles. The molecule has 23 heavy (non-hydrogen) atoms. The van der Waals surface area contributed by atoms with E-state index in [4.69, 9.17) is 4.42 Å². The molecule has 1 aliphatic carbocycles. The Morgan fingerprint density at radius 3 is 2.61 bits per heavy atom. The minimum atomic E-state index is -0.656. The third-order valence-corrected chi connectivity index (χ3v) is 4.67. The largest absolute Gasteiger partial charge is 0.441 e. The molecule has 2 fully saturated rings. The van der Waals surface area contributed by atoms with Gasteiger partial charge < -0.3 is 9.73 Å². The molecule has 3 amide bonds. The summed E-state index contributed by atoms with van der Waals surface area (Å²) in [6.45, 7) is 1.95. The quantitative estimate of drug-likeness (QED) is 0.884. The topological polar surface area (TPSA) is 75.4 Å². The Morgan fingerprint density at radius 2 is 2.00 bits per heavy atom. The SMILES string of the molecule is Cc1oc(-c2ccccc2)nc1CN1C(=O)NC2(CCC2)C1=O. The predicted octanol–water partition coefficient (Wildman–Crippen LogP) is 2.62. The molecule has 1 saturated heterocycles. The van der Waals surface area contributed by atoms with Crippen molar-refractivity contribution in [3.8, 4) is 11.5 Å². The van der Waals surface area contributed by atoms with Crippen molar-refractivity contribution < 1.29 is 14.0 Å². The lowest BCUT2D eigenvalue weighted by Gasteiger charge is -2.34. The summed E-state index contributed by atoms with van der Waals surface area (Å²) in [6, 6.07) is 9.22. The van der Waals surface area contributed by atoms with E-state index in [0.717, 1.165) is 24.8 Å². The number of carbonyl (C=O) groups is 2. The van der Waals surface area contributed by atoms with Crippen LogP contribution in [0, 0.1) is 6.92 Å². The van der Waals surface area contributed by atoms with Crippen LogP contribution >= 0.6 is 0 Å². The zero-order valence-corrected chi connectivity index (χ0v) is 12.8. The monoisotopic (exact) mass is 311 g/mol. The smallest absolute Gasteiger partial charge is 0.325 e. The van der Waals surface area contributed by atoms with Gasteiger partial charge in [0.1, 0.15) is 17.0 Å². The molecule has 118 valence electrons. The first-order valence-electron chi connectivity index (χ1n) is 7.75. The first kappa shape index (κ1) is 14.0. The van der Waals surface area contributed by atoms with Crippen LogP contribution in [0.15, 0.2) is 34.7 Å². The Hall–Kier alpha value is -2.63. The highest BCUT2D eigenvalue weighted by Crippen LogP contribution is 2.37. The average Bonchev–Trinajstić information content (AvgIpc) is 3.01. The first-order valence-corrected chi connectivity index (χ1v) is 7.75. The predicted molar refractivity (Wildman–Crippen MR) is 82.3 cm³/mol. The van der Waals surface area contributed by atoms with E-state index in [9.17, 15) is 9.59 Å². The molecule has 2 heterocycles. The van der Waals surface area contributed by atoms with Crippen LogP contribution in [0.3, 0.4) is 0 Å². The summed E-state index contributed by atoms with van der Waals surface area (Å²) in [5.41, 5.74) is 0.829. The Morgan fingerprint density at radius 1 is 1.26 bits per heavy atom. The molecule has 6 nitrogen and oxygen atoms in total. The minimum absolute atomic E-state index is 0.141. The maximum absolute atomic E-state index is 12.5. The maximum atomic E-state index is 12.5. The zero-order chi connectivity index (χ0) is 16.0. The molecule has 0 unspecified atom stereocenters. The summed E-state index contributed by atoms with van der Waals surface area (Å²) in [5, 5.41) is 2.82. The van der Waals surface area contributed by atoms with Crippen LogP contribution in [-0.2, 0) is 11.3 Å². The van der Waals surface area contributed by atoms with Gasteiger partial charge in [0.05, 0.1) is 6.54 Å². The van der Waals surface area contributed by atoms with Crippen molar-refractivity contribution >= 4 is 11.9 Å².